The lowest BCUT2D eigenvalue weighted by atomic mass is 10.0. The van der Waals surface area contributed by atoms with E-state index in [4.69, 9.17) is 0 Å². The number of anilines is 1. The van der Waals surface area contributed by atoms with E-state index in [-0.39, 0.29) is 24.0 Å². The number of guanidine groups is 1. The van der Waals surface area contributed by atoms with Crippen LogP contribution in [0.4, 0.5) is 5.69 Å². The summed E-state index contributed by atoms with van der Waals surface area (Å²) in [6, 6.07) is 8.63. The van der Waals surface area contributed by atoms with Crippen molar-refractivity contribution < 1.29 is 0 Å². The zero-order valence-electron chi connectivity index (χ0n) is 17.1. The molecule has 2 fully saturated rings. The van der Waals surface area contributed by atoms with E-state index in [1.165, 1.54) is 17.7 Å². The van der Waals surface area contributed by atoms with Crippen molar-refractivity contribution in [2.75, 3.05) is 44.7 Å². The first-order chi connectivity index (χ1) is 13.6. The van der Waals surface area contributed by atoms with Crippen molar-refractivity contribution in [3.05, 3.63) is 46.7 Å². The van der Waals surface area contributed by atoms with E-state index in [2.05, 4.69) is 71.6 Å². The summed E-state index contributed by atoms with van der Waals surface area (Å²) in [5.41, 5.74) is 2.65. The number of likely N-dealkylation sites (tertiary alicyclic amines) is 1. The Bertz CT molecular complexity index is 821. The van der Waals surface area contributed by atoms with Crippen molar-refractivity contribution in [1.82, 2.24) is 20.0 Å². The topological polar surface area (TPSA) is 48.7 Å². The molecule has 2 atom stereocenters. The van der Waals surface area contributed by atoms with Gasteiger partial charge in [-0.1, -0.05) is 15.9 Å². The van der Waals surface area contributed by atoms with E-state index in [0.29, 0.717) is 11.8 Å². The predicted molar refractivity (Wildman–Crippen MR) is 133 cm³/mol. The van der Waals surface area contributed by atoms with Gasteiger partial charge < -0.3 is 15.1 Å². The van der Waals surface area contributed by atoms with Gasteiger partial charge in [0.05, 0.1) is 6.20 Å². The molecule has 0 radical (unpaired) electrons. The van der Waals surface area contributed by atoms with E-state index in [9.17, 15) is 0 Å². The van der Waals surface area contributed by atoms with E-state index in [1.807, 2.05) is 25.0 Å². The summed E-state index contributed by atoms with van der Waals surface area (Å²) in [6.07, 6.45) is 6.52. The Labute approximate surface area is 198 Å². The number of halogens is 2. The molecule has 4 rings (SSSR count). The molecule has 2 aliphatic rings. The molecule has 1 aromatic carbocycles. The monoisotopic (exact) mass is 572 g/mol. The molecule has 2 aromatic rings. The van der Waals surface area contributed by atoms with Crippen LogP contribution in [0.25, 0.3) is 0 Å². The summed E-state index contributed by atoms with van der Waals surface area (Å²) in [5.74, 6) is 2.23. The number of hydrogen-bond acceptors (Lipinski definition) is 3. The number of nitrogens with one attached hydrogen (secondary N) is 1. The molecule has 1 N–H and O–H groups in total. The number of hydrogen-bond donors (Lipinski definition) is 1. The first-order valence-corrected chi connectivity index (χ1v) is 10.9. The summed E-state index contributed by atoms with van der Waals surface area (Å²) in [5, 5.41) is 7.95. The van der Waals surface area contributed by atoms with Gasteiger partial charge >= 0.3 is 0 Å². The molecule has 1 aromatic heterocycles. The number of aryl methyl sites for hydroxylation is 1. The maximum absolute atomic E-state index is 4.54. The molecular weight excluding hydrogens is 543 g/mol. The summed E-state index contributed by atoms with van der Waals surface area (Å²) in [4.78, 5) is 9.41. The molecule has 8 heteroatoms. The van der Waals surface area contributed by atoms with Crippen LogP contribution in [0.3, 0.4) is 0 Å². The van der Waals surface area contributed by atoms with Crippen molar-refractivity contribution >= 4 is 51.6 Å². The maximum atomic E-state index is 4.54. The zero-order valence-corrected chi connectivity index (χ0v) is 21.0. The van der Waals surface area contributed by atoms with Gasteiger partial charge in [-0.3, -0.25) is 9.67 Å². The standard InChI is InChI=1S/C21H29BrN6.HI/c1-23-21(28-10-8-17(15-28)18-12-25-26(2)14-18)24-11-16-7-9-27(13-16)20-5-3-19(22)4-6-20;/h3-6,12,14,16-17H,7-11,13,15H2,1-2H3,(H,23,24);1H. The largest absolute Gasteiger partial charge is 0.371 e. The highest BCUT2D eigenvalue weighted by molar-refractivity contribution is 14.0. The van der Waals surface area contributed by atoms with Gasteiger partial charge in [0.25, 0.3) is 0 Å². The number of rotatable bonds is 4. The van der Waals surface area contributed by atoms with Crippen molar-refractivity contribution in [1.29, 1.82) is 0 Å². The van der Waals surface area contributed by atoms with Crippen molar-refractivity contribution in [2.45, 2.75) is 18.8 Å². The number of aromatic nitrogens is 2. The smallest absolute Gasteiger partial charge is 0.193 e. The van der Waals surface area contributed by atoms with Crippen LogP contribution in [0.1, 0.15) is 24.3 Å². The third kappa shape index (κ3) is 5.45. The number of nitrogens with zero attached hydrogens (tertiary/aromatic N) is 5. The second-order valence-corrected chi connectivity index (χ2v) is 8.80. The minimum atomic E-state index is 0. The first-order valence-electron chi connectivity index (χ1n) is 10.1. The lowest BCUT2D eigenvalue weighted by molar-refractivity contribution is 0.470. The second kappa shape index (κ2) is 10.1. The normalized spacial score (nSPS) is 22.1. The Kier molecular flexibility index (Phi) is 7.84. The van der Waals surface area contributed by atoms with Crippen LogP contribution in [-0.2, 0) is 7.05 Å². The Morgan fingerprint density at radius 1 is 1.21 bits per heavy atom. The second-order valence-electron chi connectivity index (χ2n) is 7.88. The van der Waals surface area contributed by atoms with Gasteiger partial charge in [0.2, 0.25) is 0 Å². The predicted octanol–water partition coefficient (Wildman–Crippen LogP) is 3.69. The highest BCUT2D eigenvalue weighted by atomic mass is 127. The first kappa shape index (κ1) is 22.4. The number of aliphatic imine (C=N–C) groups is 1. The maximum Gasteiger partial charge on any atom is 0.193 e. The molecule has 29 heavy (non-hydrogen) atoms. The number of benzene rings is 1. The van der Waals surface area contributed by atoms with Crippen LogP contribution < -0.4 is 10.2 Å². The third-order valence-electron chi connectivity index (χ3n) is 5.92. The zero-order chi connectivity index (χ0) is 19.5. The lowest BCUT2D eigenvalue weighted by Crippen LogP contribution is -2.42. The van der Waals surface area contributed by atoms with Crippen LogP contribution in [0.15, 0.2) is 46.1 Å². The Morgan fingerprint density at radius 2 is 2.00 bits per heavy atom. The van der Waals surface area contributed by atoms with Gasteiger partial charge in [-0.25, -0.2) is 0 Å². The fourth-order valence-electron chi connectivity index (χ4n) is 4.33. The third-order valence-corrected chi connectivity index (χ3v) is 6.45. The van der Waals surface area contributed by atoms with Crippen LogP contribution >= 0.6 is 39.9 Å². The molecule has 2 unspecified atom stereocenters. The minimum absolute atomic E-state index is 0. The van der Waals surface area contributed by atoms with Crippen molar-refractivity contribution in [3.63, 3.8) is 0 Å². The molecule has 0 aliphatic carbocycles. The van der Waals surface area contributed by atoms with Gasteiger partial charge in [-0.2, -0.15) is 5.10 Å². The minimum Gasteiger partial charge on any atom is -0.371 e. The quantitative estimate of drug-likeness (QED) is 0.345. The Balaban J connectivity index is 0.00000240. The molecule has 2 aliphatic heterocycles. The molecule has 158 valence electrons. The van der Waals surface area contributed by atoms with Crippen LogP contribution in [0.2, 0.25) is 0 Å². The highest BCUT2D eigenvalue weighted by Crippen LogP contribution is 2.27. The van der Waals surface area contributed by atoms with Gasteiger partial charge in [0.1, 0.15) is 0 Å². The lowest BCUT2D eigenvalue weighted by Gasteiger charge is -2.23. The summed E-state index contributed by atoms with van der Waals surface area (Å²) in [7, 11) is 3.87. The van der Waals surface area contributed by atoms with E-state index in [0.717, 1.165) is 49.6 Å². The molecule has 2 saturated heterocycles. The summed E-state index contributed by atoms with van der Waals surface area (Å²) in [6.45, 7) is 5.27. The molecule has 6 nitrogen and oxygen atoms in total. The molecule has 0 amide bonds. The molecule has 3 heterocycles. The molecule has 0 saturated carbocycles. The Hall–Kier alpha value is -1.29. The molecule has 0 spiro atoms. The van der Waals surface area contributed by atoms with Gasteiger partial charge in [-0.15, -0.1) is 24.0 Å². The van der Waals surface area contributed by atoms with Crippen LogP contribution in [0.5, 0.6) is 0 Å². The SMILES string of the molecule is CN=C(NCC1CCN(c2ccc(Br)cc2)C1)N1CCC(c2cnn(C)c2)C1.I. The van der Waals surface area contributed by atoms with Gasteiger partial charge in [0, 0.05) is 69.1 Å². The van der Waals surface area contributed by atoms with Crippen LogP contribution in [-0.4, -0.2) is 60.4 Å². The fourth-order valence-corrected chi connectivity index (χ4v) is 4.59. The average molecular weight is 573 g/mol. The van der Waals surface area contributed by atoms with E-state index in [1.54, 1.807) is 0 Å². The van der Waals surface area contributed by atoms with Crippen molar-refractivity contribution in [2.24, 2.45) is 18.0 Å². The summed E-state index contributed by atoms with van der Waals surface area (Å²) < 4.78 is 3.02. The fraction of sp³-hybridized carbons (Fsp3) is 0.524. The van der Waals surface area contributed by atoms with E-state index < -0.39 is 0 Å². The average Bonchev–Trinajstić information content (AvgIpc) is 3.44. The van der Waals surface area contributed by atoms with Crippen molar-refractivity contribution in [3.8, 4) is 0 Å². The van der Waals surface area contributed by atoms with Gasteiger partial charge in [-0.05, 0) is 48.6 Å². The highest BCUT2D eigenvalue weighted by Gasteiger charge is 2.28. The van der Waals surface area contributed by atoms with Crippen LogP contribution in [0, 0.1) is 5.92 Å². The molecule has 0 bridgehead atoms. The van der Waals surface area contributed by atoms with E-state index >= 15 is 0 Å². The Morgan fingerprint density at radius 3 is 2.69 bits per heavy atom. The van der Waals surface area contributed by atoms with Gasteiger partial charge in [0.15, 0.2) is 5.96 Å². The molecular formula is C21H30BrIN6. The summed E-state index contributed by atoms with van der Waals surface area (Å²) >= 11 is 3.52.